The molecule has 0 aliphatic heterocycles. The summed E-state index contributed by atoms with van der Waals surface area (Å²) in [7, 11) is 1.89. The lowest BCUT2D eigenvalue weighted by atomic mass is 10.6. The van der Waals surface area contributed by atoms with Crippen LogP contribution in [0.25, 0.3) is 0 Å². The molecule has 44 valence electrons. The lowest BCUT2D eigenvalue weighted by molar-refractivity contribution is 1.07. The lowest BCUT2D eigenvalue weighted by Gasteiger charge is -1.89. The summed E-state index contributed by atoms with van der Waals surface area (Å²) in [5, 5.41) is 0. The summed E-state index contributed by atoms with van der Waals surface area (Å²) < 4.78 is 0. The van der Waals surface area contributed by atoms with Gasteiger partial charge in [0.25, 0.3) is 0 Å². The van der Waals surface area contributed by atoms with Gasteiger partial charge in [0.05, 0.1) is 0 Å². The van der Waals surface area contributed by atoms with E-state index >= 15 is 0 Å². The van der Waals surface area contributed by atoms with E-state index in [-0.39, 0.29) is 0 Å². The molecule has 0 spiro atoms. The van der Waals surface area contributed by atoms with Crippen LogP contribution >= 0.6 is 0 Å². The van der Waals surface area contributed by atoms with Crippen LogP contribution in [0.1, 0.15) is 13.3 Å². The highest BCUT2D eigenvalue weighted by molar-refractivity contribution is 6.36. The highest BCUT2D eigenvalue weighted by Crippen LogP contribution is 1.91. The SMILES string of the molecule is CCC[SiH2]CC[SiH3]. The topological polar surface area (TPSA) is 0 Å². The van der Waals surface area contributed by atoms with E-state index in [1.807, 2.05) is 0 Å². The van der Waals surface area contributed by atoms with Crippen molar-refractivity contribution in [3.8, 4) is 0 Å². The van der Waals surface area contributed by atoms with Crippen molar-refractivity contribution in [3.63, 3.8) is 0 Å². The Hall–Kier alpha value is 0.434. The van der Waals surface area contributed by atoms with Crippen molar-refractivity contribution in [3.05, 3.63) is 0 Å². The van der Waals surface area contributed by atoms with Crippen LogP contribution in [0, 0.1) is 0 Å². The monoisotopic (exact) mass is 132 g/mol. The standard InChI is InChI=1S/C5H16Si2/c1-2-4-7-5-3-6/h2-5,7H2,1,6H3. The van der Waals surface area contributed by atoms with E-state index < -0.39 is 0 Å². The molecule has 0 radical (unpaired) electrons. The van der Waals surface area contributed by atoms with Gasteiger partial charge in [0.15, 0.2) is 0 Å². The van der Waals surface area contributed by atoms with E-state index in [2.05, 4.69) is 6.92 Å². The molecule has 0 nitrogen and oxygen atoms in total. The molecule has 0 N–H and O–H groups in total. The molecule has 0 unspecified atom stereocenters. The molecule has 7 heavy (non-hydrogen) atoms. The molecule has 0 aliphatic rings. The second-order valence-electron chi connectivity index (χ2n) is 2.06. The fourth-order valence-corrected chi connectivity index (χ4v) is 3.53. The van der Waals surface area contributed by atoms with Gasteiger partial charge in [-0.1, -0.05) is 31.5 Å². The minimum Gasteiger partial charge on any atom is -0.0686 e. The van der Waals surface area contributed by atoms with Crippen molar-refractivity contribution in [2.24, 2.45) is 0 Å². The van der Waals surface area contributed by atoms with Crippen LogP contribution in [0.5, 0.6) is 0 Å². The molecule has 0 aromatic carbocycles. The smallest absolute Gasteiger partial charge is 0.0194 e. The van der Waals surface area contributed by atoms with Crippen molar-refractivity contribution in [1.82, 2.24) is 0 Å². The van der Waals surface area contributed by atoms with Crippen molar-refractivity contribution in [1.29, 1.82) is 0 Å². The first-order valence-corrected chi connectivity index (χ1v) is 6.83. The van der Waals surface area contributed by atoms with Gasteiger partial charge in [-0.3, -0.25) is 0 Å². The molecule has 0 saturated carbocycles. The number of hydrogen-bond acceptors (Lipinski definition) is 0. The Labute approximate surface area is 51.9 Å². The summed E-state index contributed by atoms with van der Waals surface area (Å²) in [5.41, 5.74) is 0. The summed E-state index contributed by atoms with van der Waals surface area (Å²) in [6.45, 7) is 2.29. The molecule has 0 amide bonds. The van der Waals surface area contributed by atoms with E-state index in [0.29, 0.717) is 9.52 Å². The zero-order valence-corrected chi connectivity index (χ0v) is 8.95. The summed E-state index contributed by atoms with van der Waals surface area (Å²) in [4.78, 5) is 0. The summed E-state index contributed by atoms with van der Waals surface area (Å²) >= 11 is 0. The van der Waals surface area contributed by atoms with Gasteiger partial charge in [0.1, 0.15) is 0 Å². The predicted molar refractivity (Wildman–Crippen MR) is 43.2 cm³/mol. The van der Waals surface area contributed by atoms with E-state index in [9.17, 15) is 0 Å². The maximum atomic E-state index is 2.29. The molecule has 0 aromatic heterocycles. The average molecular weight is 132 g/mol. The zero-order valence-electron chi connectivity index (χ0n) is 5.54. The van der Waals surface area contributed by atoms with Crippen LogP contribution in [0.2, 0.25) is 18.1 Å². The second kappa shape index (κ2) is 6.43. The van der Waals surface area contributed by atoms with Crippen LogP contribution in [0.4, 0.5) is 0 Å². The summed E-state index contributed by atoms with van der Waals surface area (Å²) in [5.74, 6) is 0. The molecule has 0 atom stereocenters. The average Bonchev–Trinajstić information content (AvgIpc) is 1.69. The van der Waals surface area contributed by atoms with Crippen molar-refractivity contribution < 1.29 is 0 Å². The van der Waals surface area contributed by atoms with Gasteiger partial charge in [0, 0.05) is 19.8 Å². The second-order valence-corrected chi connectivity index (χ2v) is 5.18. The highest BCUT2D eigenvalue weighted by Gasteiger charge is 1.81. The van der Waals surface area contributed by atoms with Gasteiger partial charge >= 0.3 is 0 Å². The third-order valence-corrected chi connectivity index (χ3v) is 5.74. The third-order valence-electron chi connectivity index (χ3n) is 1.21. The molecule has 0 saturated heterocycles. The molecule has 0 aliphatic carbocycles. The van der Waals surface area contributed by atoms with Gasteiger partial charge in [-0.25, -0.2) is 0 Å². The molecule has 0 heterocycles. The number of rotatable bonds is 4. The fraction of sp³-hybridized carbons (Fsp3) is 1.00. The Bertz CT molecular complexity index is 25.3. The summed E-state index contributed by atoms with van der Waals surface area (Å²) in [6.07, 6.45) is 1.44. The zero-order chi connectivity index (χ0) is 5.54. The van der Waals surface area contributed by atoms with E-state index in [1.165, 1.54) is 16.7 Å². The number of hydrogen-bond donors (Lipinski definition) is 0. The maximum Gasteiger partial charge on any atom is 0.0194 e. The van der Waals surface area contributed by atoms with Gasteiger partial charge in [-0.15, -0.1) is 0 Å². The molecular formula is C5H16Si2. The Morgan fingerprint density at radius 3 is 2.57 bits per heavy atom. The Kier molecular flexibility index (Phi) is 6.83. The maximum absolute atomic E-state index is 2.29. The first kappa shape index (κ1) is 7.43. The van der Waals surface area contributed by atoms with Gasteiger partial charge in [0.2, 0.25) is 0 Å². The minimum atomic E-state index is 0.446. The Morgan fingerprint density at radius 1 is 1.43 bits per heavy atom. The van der Waals surface area contributed by atoms with E-state index in [1.54, 1.807) is 18.1 Å². The van der Waals surface area contributed by atoms with Crippen LogP contribution < -0.4 is 0 Å². The molecule has 0 aromatic rings. The normalized spacial score (nSPS) is 11.6. The van der Waals surface area contributed by atoms with Crippen LogP contribution in [-0.4, -0.2) is 19.8 Å². The van der Waals surface area contributed by atoms with Gasteiger partial charge < -0.3 is 0 Å². The molecule has 0 bridgehead atoms. The van der Waals surface area contributed by atoms with Gasteiger partial charge in [-0.2, -0.15) is 0 Å². The van der Waals surface area contributed by atoms with Crippen LogP contribution in [-0.2, 0) is 0 Å². The largest absolute Gasteiger partial charge is 0.0686 e. The first-order valence-electron chi connectivity index (χ1n) is 3.41. The Morgan fingerprint density at radius 2 is 2.14 bits per heavy atom. The quantitative estimate of drug-likeness (QED) is 0.378. The van der Waals surface area contributed by atoms with E-state index in [4.69, 9.17) is 0 Å². The van der Waals surface area contributed by atoms with Crippen LogP contribution in [0.15, 0.2) is 0 Å². The molecule has 0 rings (SSSR count). The Balaban J connectivity index is 2.45. The third kappa shape index (κ3) is 6.43. The van der Waals surface area contributed by atoms with Crippen molar-refractivity contribution >= 4 is 19.8 Å². The first-order chi connectivity index (χ1) is 3.41. The summed E-state index contributed by atoms with van der Waals surface area (Å²) in [6, 6.07) is 4.77. The molecule has 0 fully saturated rings. The van der Waals surface area contributed by atoms with E-state index in [0.717, 1.165) is 0 Å². The lowest BCUT2D eigenvalue weighted by Crippen LogP contribution is -1.85. The van der Waals surface area contributed by atoms with Crippen molar-refractivity contribution in [2.75, 3.05) is 0 Å². The predicted octanol–water partition coefficient (Wildman–Crippen LogP) is 0.185. The van der Waals surface area contributed by atoms with Gasteiger partial charge in [-0.05, 0) is 0 Å². The molecular weight excluding hydrogens is 116 g/mol. The molecule has 2 heteroatoms. The fourth-order valence-electron chi connectivity index (χ4n) is 0.677. The highest BCUT2D eigenvalue weighted by atomic mass is 28.2. The minimum absolute atomic E-state index is 0.446. The van der Waals surface area contributed by atoms with Crippen molar-refractivity contribution in [2.45, 2.75) is 31.5 Å². The van der Waals surface area contributed by atoms with Crippen LogP contribution in [0.3, 0.4) is 0 Å².